The van der Waals surface area contributed by atoms with Gasteiger partial charge < -0.3 is 5.32 Å². The topological polar surface area (TPSA) is 74.3 Å². The van der Waals surface area contributed by atoms with E-state index in [0.717, 1.165) is 24.9 Å². The number of hydrogen-bond donors (Lipinski definition) is 2. The van der Waals surface area contributed by atoms with E-state index in [1.165, 1.54) is 4.31 Å². The fraction of sp³-hybridized carbons (Fsp3) is 0.615. The highest BCUT2D eigenvalue weighted by Crippen LogP contribution is 2.21. The number of hydrogen-bond acceptors (Lipinski definition) is 4. The normalized spacial score (nSPS) is 18.1. The molecule has 6 nitrogen and oxygen atoms in total. The smallest absolute Gasteiger partial charge is 0.301 e. The Labute approximate surface area is 120 Å². The van der Waals surface area contributed by atoms with Gasteiger partial charge in [-0.05, 0) is 50.9 Å². The molecule has 0 aliphatic carbocycles. The zero-order valence-corrected chi connectivity index (χ0v) is 12.8. The summed E-state index contributed by atoms with van der Waals surface area (Å²) in [4.78, 5) is 3.96. The highest BCUT2D eigenvalue weighted by Gasteiger charge is 2.27. The number of nitrogens with one attached hydrogen (secondary N) is 2. The Morgan fingerprint density at radius 1 is 1.40 bits per heavy atom. The average molecular weight is 298 g/mol. The molecule has 112 valence electrons. The van der Waals surface area contributed by atoms with Crippen molar-refractivity contribution in [3.05, 3.63) is 24.0 Å². The third kappa shape index (κ3) is 3.68. The van der Waals surface area contributed by atoms with E-state index in [9.17, 15) is 8.42 Å². The molecule has 1 aromatic rings. The predicted octanol–water partition coefficient (Wildman–Crippen LogP) is 0.978. The number of anilines is 1. The molecule has 0 amide bonds. The number of rotatable bonds is 5. The van der Waals surface area contributed by atoms with Gasteiger partial charge in [0.15, 0.2) is 0 Å². The summed E-state index contributed by atoms with van der Waals surface area (Å²) in [5.41, 5.74) is 1.42. The van der Waals surface area contributed by atoms with Gasteiger partial charge in [-0.15, -0.1) is 0 Å². The monoisotopic (exact) mass is 298 g/mol. The molecule has 0 spiro atoms. The van der Waals surface area contributed by atoms with Gasteiger partial charge in [0.05, 0.1) is 5.69 Å². The van der Waals surface area contributed by atoms with E-state index in [1.54, 1.807) is 18.5 Å². The molecular formula is C13H22N4O2S. The van der Waals surface area contributed by atoms with Crippen molar-refractivity contribution < 1.29 is 8.42 Å². The Morgan fingerprint density at radius 3 is 2.70 bits per heavy atom. The maximum Gasteiger partial charge on any atom is 0.301 e. The van der Waals surface area contributed by atoms with Gasteiger partial charge in [0.1, 0.15) is 0 Å². The summed E-state index contributed by atoms with van der Waals surface area (Å²) in [6.45, 7) is 3.94. The SMILES string of the molecule is CNCC1CCN(S(=O)(=O)Nc2ccncc2C)CC1. The van der Waals surface area contributed by atoms with Crippen LogP contribution in [0, 0.1) is 12.8 Å². The molecule has 0 unspecified atom stereocenters. The molecule has 1 aromatic heterocycles. The first-order chi connectivity index (χ1) is 9.53. The van der Waals surface area contributed by atoms with Gasteiger partial charge in [-0.2, -0.15) is 12.7 Å². The van der Waals surface area contributed by atoms with E-state index < -0.39 is 10.2 Å². The highest BCUT2D eigenvalue weighted by atomic mass is 32.2. The molecule has 0 radical (unpaired) electrons. The Balaban J connectivity index is 2.00. The standard InChI is InChI=1S/C13H22N4O2S/c1-11-9-15-6-3-13(11)16-20(18,19)17-7-4-12(5-8-17)10-14-2/h3,6,9,12,14H,4-5,7-8,10H2,1-2H3,(H,15,16). The molecule has 1 aliphatic heterocycles. The van der Waals surface area contributed by atoms with Crippen LogP contribution in [-0.2, 0) is 10.2 Å². The van der Waals surface area contributed by atoms with Crippen molar-refractivity contribution in [1.82, 2.24) is 14.6 Å². The van der Waals surface area contributed by atoms with Gasteiger partial charge in [0.2, 0.25) is 0 Å². The first-order valence-corrected chi connectivity index (χ1v) is 8.30. The second-order valence-electron chi connectivity index (χ2n) is 5.20. The minimum absolute atomic E-state index is 0.564. The molecule has 1 saturated heterocycles. The number of nitrogens with zero attached hydrogens (tertiary/aromatic N) is 2. The molecule has 0 saturated carbocycles. The fourth-order valence-electron chi connectivity index (χ4n) is 2.43. The summed E-state index contributed by atoms with van der Waals surface area (Å²) >= 11 is 0. The second kappa shape index (κ2) is 6.51. The maximum atomic E-state index is 12.4. The van der Waals surface area contributed by atoms with Gasteiger partial charge in [0.25, 0.3) is 0 Å². The molecule has 20 heavy (non-hydrogen) atoms. The van der Waals surface area contributed by atoms with Crippen molar-refractivity contribution in [2.24, 2.45) is 5.92 Å². The van der Waals surface area contributed by atoms with Crippen molar-refractivity contribution in [3.8, 4) is 0 Å². The van der Waals surface area contributed by atoms with Gasteiger partial charge in [-0.25, -0.2) is 0 Å². The maximum absolute atomic E-state index is 12.4. The van der Waals surface area contributed by atoms with E-state index in [4.69, 9.17) is 0 Å². The van der Waals surface area contributed by atoms with Gasteiger partial charge >= 0.3 is 10.2 Å². The van der Waals surface area contributed by atoms with Crippen molar-refractivity contribution in [3.63, 3.8) is 0 Å². The minimum Gasteiger partial charge on any atom is -0.319 e. The van der Waals surface area contributed by atoms with Crippen molar-refractivity contribution >= 4 is 15.9 Å². The van der Waals surface area contributed by atoms with Crippen LogP contribution in [0.2, 0.25) is 0 Å². The lowest BCUT2D eigenvalue weighted by Crippen LogP contribution is -2.43. The Kier molecular flexibility index (Phi) is 4.95. The second-order valence-corrected chi connectivity index (χ2v) is 6.87. The van der Waals surface area contributed by atoms with Gasteiger partial charge in [0, 0.05) is 25.5 Å². The van der Waals surface area contributed by atoms with Crippen LogP contribution in [0.15, 0.2) is 18.5 Å². The molecule has 2 N–H and O–H groups in total. The zero-order chi connectivity index (χ0) is 14.6. The summed E-state index contributed by atoms with van der Waals surface area (Å²) in [7, 11) is -1.53. The molecule has 1 aliphatic rings. The molecule has 0 bridgehead atoms. The summed E-state index contributed by atoms with van der Waals surface area (Å²) in [6.07, 6.45) is 5.04. The molecule has 2 rings (SSSR count). The van der Waals surface area contributed by atoms with E-state index in [1.807, 2.05) is 14.0 Å². The van der Waals surface area contributed by atoms with E-state index in [-0.39, 0.29) is 0 Å². The minimum atomic E-state index is -3.46. The number of aryl methyl sites for hydroxylation is 1. The van der Waals surface area contributed by atoms with Crippen LogP contribution in [0.5, 0.6) is 0 Å². The van der Waals surface area contributed by atoms with E-state index in [0.29, 0.717) is 24.7 Å². The third-order valence-electron chi connectivity index (χ3n) is 3.67. The number of aromatic nitrogens is 1. The van der Waals surface area contributed by atoms with Gasteiger partial charge in [-0.3, -0.25) is 9.71 Å². The molecule has 0 aromatic carbocycles. The van der Waals surface area contributed by atoms with Crippen molar-refractivity contribution in [1.29, 1.82) is 0 Å². The van der Waals surface area contributed by atoms with Crippen LogP contribution < -0.4 is 10.0 Å². The number of pyridine rings is 1. The average Bonchev–Trinajstić information content (AvgIpc) is 2.42. The largest absolute Gasteiger partial charge is 0.319 e. The predicted molar refractivity (Wildman–Crippen MR) is 79.7 cm³/mol. The van der Waals surface area contributed by atoms with E-state index in [2.05, 4.69) is 15.0 Å². The first-order valence-electron chi connectivity index (χ1n) is 6.86. The van der Waals surface area contributed by atoms with E-state index >= 15 is 0 Å². The lowest BCUT2D eigenvalue weighted by molar-refractivity contribution is 0.272. The molecular weight excluding hydrogens is 276 g/mol. The Hall–Kier alpha value is -1.18. The van der Waals surface area contributed by atoms with Crippen LogP contribution in [-0.4, -0.2) is 44.4 Å². The van der Waals surface area contributed by atoms with Crippen LogP contribution in [0.3, 0.4) is 0 Å². The lowest BCUT2D eigenvalue weighted by Gasteiger charge is -2.31. The first kappa shape index (κ1) is 15.2. The lowest BCUT2D eigenvalue weighted by atomic mass is 9.98. The van der Waals surface area contributed by atoms with Crippen molar-refractivity contribution in [2.75, 3.05) is 31.4 Å². The zero-order valence-electron chi connectivity index (χ0n) is 12.0. The molecule has 1 fully saturated rings. The van der Waals surface area contributed by atoms with Crippen LogP contribution in [0.1, 0.15) is 18.4 Å². The molecule has 2 heterocycles. The summed E-state index contributed by atoms with van der Waals surface area (Å²) in [6, 6.07) is 1.68. The van der Waals surface area contributed by atoms with Gasteiger partial charge in [-0.1, -0.05) is 0 Å². The third-order valence-corrected chi connectivity index (χ3v) is 5.19. The summed E-state index contributed by atoms with van der Waals surface area (Å²) in [5, 5.41) is 3.15. The van der Waals surface area contributed by atoms with Crippen molar-refractivity contribution in [2.45, 2.75) is 19.8 Å². The number of piperidine rings is 1. The quantitative estimate of drug-likeness (QED) is 0.850. The Bertz CT molecular complexity index is 539. The van der Waals surface area contributed by atoms with Crippen LogP contribution >= 0.6 is 0 Å². The molecule has 7 heteroatoms. The summed E-state index contributed by atoms with van der Waals surface area (Å²) in [5.74, 6) is 0.564. The van der Waals surface area contributed by atoms with Crippen LogP contribution in [0.4, 0.5) is 5.69 Å². The fourth-order valence-corrected chi connectivity index (χ4v) is 3.76. The molecule has 0 atom stereocenters. The Morgan fingerprint density at radius 2 is 2.10 bits per heavy atom. The van der Waals surface area contributed by atoms with Crippen LogP contribution in [0.25, 0.3) is 0 Å². The highest BCUT2D eigenvalue weighted by molar-refractivity contribution is 7.90. The summed E-state index contributed by atoms with van der Waals surface area (Å²) < 4.78 is 28.9.